The zero-order valence-corrected chi connectivity index (χ0v) is 12.2. The first-order valence-electron chi connectivity index (χ1n) is 5.24. The number of hydrogen-bond acceptors (Lipinski definition) is 2. The van der Waals surface area contributed by atoms with Gasteiger partial charge in [0, 0.05) is 22.3 Å². The van der Waals surface area contributed by atoms with Crippen molar-refractivity contribution in [2.75, 3.05) is 12.0 Å². The molecule has 0 amide bonds. The van der Waals surface area contributed by atoms with Crippen LogP contribution in [0, 0.1) is 5.82 Å². The summed E-state index contributed by atoms with van der Waals surface area (Å²) in [4.78, 5) is 0. The van der Waals surface area contributed by atoms with Crippen LogP contribution in [0.5, 0.6) is 0 Å². The van der Waals surface area contributed by atoms with Crippen molar-refractivity contribution in [3.05, 3.63) is 34.1 Å². The van der Waals surface area contributed by atoms with Crippen LogP contribution in [0.15, 0.2) is 22.7 Å². The molecule has 1 aromatic rings. The van der Waals surface area contributed by atoms with Crippen LogP contribution in [0.4, 0.5) is 4.39 Å². The van der Waals surface area contributed by atoms with Crippen molar-refractivity contribution in [1.29, 1.82) is 0 Å². The van der Waals surface area contributed by atoms with Crippen LogP contribution in [0.1, 0.15) is 25.5 Å². The van der Waals surface area contributed by atoms with E-state index in [1.165, 1.54) is 12.1 Å². The molecule has 0 aromatic heterocycles. The van der Waals surface area contributed by atoms with E-state index in [1.54, 1.807) is 0 Å². The molecule has 0 fully saturated rings. The van der Waals surface area contributed by atoms with Crippen LogP contribution in [0.3, 0.4) is 0 Å². The molecule has 2 unspecified atom stereocenters. The molecule has 0 spiro atoms. The Balaban J connectivity index is 2.69. The SMILES string of the molecule is CSCC(C)NC(C)c1ccc(F)cc1Br. The summed E-state index contributed by atoms with van der Waals surface area (Å²) in [5.74, 6) is 0.864. The highest BCUT2D eigenvalue weighted by molar-refractivity contribution is 9.10. The van der Waals surface area contributed by atoms with Crippen molar-refractivity contribution >= 4 is 27.7 Å². The first kappa shape index (κ1) is 14.0. The number of hydrogen-bond donors (Lipinski definition) is 1. The monoisotopic (exact) mass is 305 g/mol. The summed E-state index contributed by atoms with van der Waals surface area (Å²) < 4.78 is 13.8. The highest BCUT2D eigenvalue weighted by Gasteiger charge is 2.12. The summed E-state index contributed by atoms with van der Waals surface area (Å²) in [6, 6.07) is 5.49. The molecule has 0 heterocycles. The van der Waals surface area contributed by atoms with Gasteiger partial charge in [-0.3, -0.25) is 0 Å². The maximum absolute atomic E-state index is 12.9. The van der Waals surface area contributed by atoms with Gasteiger partial charge in [0.25, 0.3) is 0 Å². The second-order valence-electron chi connectivity index (χ2n) is 3.91. The smallest absolute Gasteiger partial charge is 0.124 e. The summed E-state index contributed by atoms with van der Waals surface area (Å²) in [6.07, 6.45) is 2.09. The Bertz CT molecular complexity index is 346. The summed E-state index contributed by atoms with van der Waals surface area (Å²) >= 11 is 5.21. The molecule has 16 heavy (non-hydrogen) atoms. The minimum Gasteiger partial charge on any atom is -0.307 e. The van der Waals surface area contributed by atoms with Gasteiger partial charge in [0.1, 0.15) is 5.82 Å². The molecule has 0 aliphatic heterocycles. The van der Waals surface area contributed by atoms with Crippen LogP contribution in [0.2, 0.25) is 0 Å². The van der Waals surface area contributed by atoms with Crippen molar-refractivity contribution in [3.63, 3.8) is 0 Å². The molecular weight excluding hydrogens is 289 g/mol. The van der Waals surface area contributed by atoms with Gasteiger partial charge in [-0.25, -0.2) is 4.39 Å². The van der Waals surface area contributed by atoms with E-state index in [4.69, 9.17) is 0 Å². The molecular formula is C12H17BrFNS. The Morgan fingerprint density at radius 2 is 2.12 bits per heavy atom. The van der Waals surface area contributed by atoms with E-state index in [1.807, 2.05) is 17.8 Å². The molecule has 90 valence electrons. The van der Waals surface area contributed by atoms with E-state index in [9.17, 15) is 4.39 Å². The minimum atomic E-state index is -0.208. The van der Waals surface area contributed by atoms with Gasteiger partial charge in [-0.05, 0) is 37.8 Å². The van der Waals surface area contributed by atoms with Crippen LogP contribution in [-0.4, -0.2) is 18.1 Å². The highest BCUT2D eigenvalue weighted by atomic mass is 79.9. The van der Waals surface area contributed by atoms with Gasteiger partial charge in [0.15, 0.2) is 0 Å². The lowest BCUT2D eigenvalue weighted by molar-refractivity contribution is 0.509. The van der Waals surface area contributed by atoms with Crippen LogP contribution in [-0.2, 0) is 0 Å². The largest absolute Gasteiger partial charge is 0.307 e. The standard InChI is InChI=1S/C12H17BrFNS/c1-8(7-16-3)15-9(2)11-5-4-10(14)6-12(11)13/h4-6,8-9,15H,7H2,1-3H3. The van der Waals surface area contributed by atoms with Gasteiger partial charge in [-0.15, -0.1) is 0 Å². The van der Waals surface area contributed by atoms with Gasteiger partial charge in [-0.1, -0.05) is 22.0 Å². The van der Waals surface area contributed by atoms with E-state index < -0.39 is 0 Å². The number of nitrogens with one attached hydrogen (secondary N) is 1. The topological polar surface area (TPSA) is 12.0 Å². The van der Waals surface area contributed by atoms with Gasteiger partial charge in [0.05, 0.1) is 0 Å². The van der Waals surface area contributed by atoms with Crippen molar-refractivity contribution in [2.45, 2.75) is 25.9 Å². The highest BCUT2D eigenvalue weighted by Crippen LogP contribution is 2.24. The molecule has 1 aromatic carbocycles. The molecule has 4 heteroatoms. The van der Waals surface area contributed by atoms with Gasteiger partial charge >= 0.3 is 0 Å². The fourth-order valence-electron chi connectivity index (χ4n) is 1.67. The van der Waals surface area contributed by atoms with Gasteiger partial charge < -0.3 is 5.32 Å². The Morgan fingerprint density at radius 3 is 2.69 bits per heavy atom. The number of rotatable bonds is 5. The van der Waals surface area contributed by atoms with E-state index >= 15 is 0 Å². The average Bonchev–Trinajstić information content (AvgIpc) is 2.17. The van der Waals surface area contributed by atoms with E-state index in [0.29, 0.717) is 6.04 Å². The molecule has 0 radical (unpaired) electrons. The molecule has 1 nitrogen and oxygen atoms in total. The molecule has 0 aliphatic carbocycles. The second kappa shape index (κ2) is 6.62. The van der Waals surface area contributed by atoms with E-state index in [-0.39, 0.29) is 11.9 Å². The third kappa shape index (κ3) is 4.07. The van der Waals surface area contributed by atoms with Crippen molar-refractivity contribution in [3.8, 4) is 0 Å². The van der Waals surface area contributed by atoms with Crippen LogP contribution < -0.4 is 5.32 Å². The molecule has 1 rings (SSSR count). The fourth-order valence-corrected chi connectivity index (χ4v) is 2.96. The van der Waals surface area contributed by atoms with Crippen molar-refractivity contribution < 1.29 is 4.39 Å². The first-order valence-corrected chi connectivity index (χ1v) is 7.43. The molecule has 0 bridgehead atoms. The third-order valence-corrected chi connectivity index (χ3v) is 3.90. The number of thioether (sulfide) groups is 1. The van der Waals surface area contributed by atoms with Crippen LogP contribution in [0.25, 0.3) is 0 Å². The van der Waals surface area contributed by atoms with Gasteiger partial charge in [-0.2, -0.15) is 11.8 Å². The third-order valence-electron chi connectivity index (χ3n) is 2.38. The zero-order valence-electron chi connectivity index (χ0n) is 9.76. The molecule has 2 atom stereocenters. The molecule has 0 saturated carbocycles. The summed E-state index contributed by atoms with van der Waals surface area (Å²) in [5, 5.41) is 3.48. The Morgan fingerprint density at radius 1 is 1.44 bits per heavy atom. The summed E-state index contributed by atoms with van der Waals surface area (Å²) in [5.41, 5.74) is 1.09. The predicted molar refractivity (Wildman–Crippen MR) is 73.5 cm³/mol. The normalized spacial score (nSPS) is 14.8. The quantitative estimate of drug-likeness (QED) is 0.883. The molecule has 1 N–H and O–H groups in total. The maximum atomic E-state index is 12.9. The second-order valence-corrected chi connectivity index (χ2v) is 5.68. The first-order chi connectivity index (χ1) is 7.54. The zero-order chi connectivity index (χ0) is 12.1. The van der Waals surface area contributed by atoms with Crippen molar-refractivity contribution in [1.82, 2.24) is 5.32 Å². The Kier molecular flexibility index (Phi) is 5.79. The minimum absolute atomic E-state index is 0.208. The fraction of sp³-hybridized carbons (Fsp3) is 0.500. The van der Waals surface area contributed by atoms with E-state index in [0.717, 1.165) is 15.8 Å². The molecule has 0 saturated heterocycles. The lowest BCUT2D eigenvalue weighted by Gasteiger charge is -2.20. The predicted octanol–water partition coefficient (Wildman–Crippen LogP) is 3.99. The maximum Gasteiger partial charge on any atom is 0.124 e. The summed E-state index contributed by atoms with van der Waals surface area (Å²) in [7, 11) is 0. The van der Waals surface area contributed by atoms with Crippen LogP contribution >= 0.6 is 27.7 Å². The van der Waals surface area contributed by atoms with E-state index in [2.05, 4.69) is 41.3 Å². The van der Waals surface area contributed by atoms with Crippen molar-refractivity contribution in [2.24, 2.45) is 0 Å². The number of halogens is 2. The lowest BCUT2D eigenvalue weighted by atomic mass is 10.1. The summed E-state index contributed by atoms with van der Waals surface area (Å²) in [6.45, 7) is 4.25. The average molecular weight is 306 g/mol. The Labute approximate surface area is 109 Å². The Hall–Kier alpha value is -0.0600. The lowest BCUT2D eigenvalue weighted by Crippen LogP contribution is -2.30. The number of benzene rings is 1. The molecule has 0 aliphatic rings. The van der Waals surface area contributed by atoms with Gasteiger partial charge in [0.2, 0.25) is 0 Å².